The molecule has 0 atom stereocenters. The Kier molecular flexibility index (Phi) is 5.87. The number of nitrogens with zero attached hydrogens (tertiary/aromatic N) is 1. The Balaban J connectivity index is 1.49. The SMILES string of the molecule is Cc1cc(C)c(NC(=O)CSCCN2C(=O)c3ccccc3C2=O)c(Cl)c1. The number of benzene rings is 2. The van der Waals surface area contributed by atoms with E-state index in [4.69, 9.17) is 11.6 Å². The number of anilines is 1. The summed E-state index contributed by atoms with van der Waals surface area (Å²) >= 11 is 7.56. The number of amides is 3. The van der Waals surface area contributed by atoms with Crippen LogP contribution in [-0.4, -0.2) is 40.7 Å². The monoisotopic (exact) mass is 402 g/mol. The summed E-state index contributed by atoms with van der Waals surface area (Å²) in [6.07, 6.45) is 0. The minimum Gasteiger partial charge on any atom is -0.324 e. The molecule has 3 amide bonds. The van der Waals surface area contributed by atoms with Crippen LogP contribution in [-0.2, 0) is 4.79 Å². The standard InChI is InChI=1S/C20H19ClN2O3S/c1-12-9-13(2)18(16(21)10-12)22-17(24)11-27-8-7-23-19(25)14-5-3-4-6-15(14)20(23)26/h3-6,9-10H,7-8,11H2,1-2H3,(H,22,24). The van der Waals surface area contributed by atoms with E-state index in [1.54, 1.807) is 30.3 Å². The zero-order valence-corrected chi connectivity index (χ0v) is 16.6. The molecule has 5 nitrogen and oxygen atoms in total. The molecule has 0 aliphatic carbocycles. The average molecular weight is 403 g/mol. The number of carbonyl (C=O) groups is 3. The number of hydrogen-bond acceptors (Lipinski definition) is 4. The molecule has 0 fully saturated rings. The van der Waals surface area contributed by atoms with Gasteiger partial charge in [0.1, 0.15) is 0 Å². The summed E-state index contributed by atoms with van der Waals surface area (Å²) in [5.41, 5.74) is 3.44. The van der Waals surface area contributed by atoms with Crippen molar-refractivity contribution in [2.24, 2.45) is 0 Å². The fraction of sp³-hybridized carbons (Fsp3) is 0.250. The van der Waals surface area contributed by atoms with Gasteiger partial charge in [0.25, 0.3) is 11.8 Å². The number of hydrogen-bond donors (Lipinski definition) is 1. The normalized spacial score (nSPS) is 13.1. The van der Waals surface area contributed by atoms with E-state index in [0.717, 1.165) is 11.1 Å². The molecule has 2 aromatic carbocycles. The smallest absolute Gasteiger partial charge is 0.261 e. The van der Waals surface area contributed by atoms with Crippen molar-refractivity contribution in [1.29, 1.82) is 0 Å². The van der Waals surface area contributed by atoms with Crippen LogP contribution in [0.3, 0.4) is 0 Å². The number of fused-ring (bicyclic) bond motifs is 1. The van der Waals surface area contributed by atoms with Crippen LogP contribution in [0.15, 0.2) is 36.4 Å². The van der Waals surface area contributed by atoms with Crippen LogP contribution in [0.25, 0.3) is 0 Å². The van der Waals surface area contributed by atoms with E-state index in [-0.39, 0.29) is 30.0 Å². The van der Waals surface area contributed by atoms with Gasteiger partial charge in [0.05, 0.1) is 27.6 Å². The van der Waals surface area contributed by atoms with Crippen molar-refractivity contribution in [2.75, 3.05) is 23.4 Å². The second kappa shape index (κ2) is 8.15. The molecular weight excluding hydrogens is 384 g/mol. The third-order valence-corrected chi connectivity index (χ3v) is 5.50. The predicted octanol–water partition coefficient (Wildman–Crippen LogP) is 3.92. The molecule has 140 valence electrons. The first-order valence-corrected chi connectivity index (χ1v) is 10.0. The summed E-state index contributed by atoms with van der Waals surface area (Å²) in [5.74, 6) is -0.0200. The van der Waals surface area contributed by atoms with Crippen molar-refractivity contribution in [1.82, 2.24) is 4.90 Å². The lowest BCUT2D eigenvalue weighted by Crippen LogP contribution is -2.32. The fourth-order valence-electron chi connectivity index (χ4n) is 3.01. The van der Waals surface area contributed by atoms with Crippen molar-refractivity contribution in [3.05, 3.63) is 63.7 Å². The third-order valence-electron chi connectivity index (χ3n) is 4.27. The van der Waals surface area contributed by atoms with E-state index in [2.05, 4.69) is 5.32 Å². The Morgan fingerprint density at radius 1 is 1.11 bits per heavy atom. The lowest BCUT2D eigenvalue weighted by Gasteiger charge is -2.14. The van der Waals surface area contributed by atoms with Crippen molar-refractivity contribution in [3.63, 3.8) is 0 Å². The van der Waals surface area contributed by atoms with Gasteiger partial charge in [0.2, 0.25) is 5.91 Å². The van der Waals surface area contributed by atoms with E-state index >= 15 is 0 Å². The molecule has 3 rings (SSSR count). The molecule has 27 heavy (non-hydrogen) atoms. The predicted molar refractivity (Wildman–Crippen MR) is 109 cm³/mol. The molecule has 0 radical (unpaired) electrons. The molecule has 0 unspecified atom stereocenters. The summed E-state index contributed by atoms with van der Waals surface area (Å²) in [5, 5.41) is 3.34. The van der Waals surface area contributed by atoms with Crippen LogP contribution < -0.4 is 5.32 Å². The highest BCUT2D eigenvalue weighted by molar-refractivity contribution is 7.99. The third kappa shape index (κ3) is 4.17. The van der Waals surface area contributed by atoms with E-state index in [1.165, 1.54) is 16.7 Å². The molecule has 1 heterocycles. The Bertz CT molecular complexity index is 871. The van der Waals surface area contributed by atoms with Crippen molar-refractivity contribution >= 4 is 46.8 Å². The van der Waals surface area contributed by atoms with Gasteiger partial charge in [-0.3, -0.25) is 19.3 Å². The lowest BCUT2D eigenvalue weighted by atomic mass is 10.1. The number of imide groups is 1. The molecule has 0 aromatic heterocycles. The molecule has 2 aromatic rings. The second-order valence-electron chi connectivity index (χ2n) is 6.35. The number of carbonyl (C=O) groups excluding carboxylic acids is 3. The number of thioether (sulfide) groups is 1. The summed E-state index contributed by atoms with van der Waals surface area (Å²) in [6, 6.07) is 10.6. The number of nitrogens with one attached hydrogen (secondary N) is 1. The van der Waals surface area contributed by atoms with Crippen LogP contribution in [0.1, 0.15) is 31.8 Å². The summed E-state index contributed by atoms with van der Waals surface area (Å²) in [7, 11) is 0. The summed E-state index contributed by atoms with van der Waals surface area (Å²) < 4.78 is 0. The van der Waals surface area contributed by atoms with E-state index in [9.17, 15) is 14.4 Å². The van der Waals surface area contributed by atoms with E-state index in [1.807, 2.05) is 19.9 Å². The number of halogens is 1. The zero-order chi connectivity index (χ0) is 19.6. The fourth-order valence-corrected chi connectivity index (χ4v) is 4.09. The topological polar surface area (TPSA) is 66.5 Å². The average Bonchev–Trinajstić information content (AvgIpc) is 2.86. The zero-order valence-electron chi connectivity index (χ0n) is 15.0. The van der Waals surface area contributed by atoms with E-state index in [0.29, 0.717) is 27.6 Å². The molecular formula is C20H19ClN2O3S. The minimum absolute atomic E-state index is 0.170. The molecule has 1 aliphatic heterocycles. The largest absolute Gasteiger partial charge is 0.324 e. The van der Waals surface area contributed by atoms with Crippen LogP contribution in [0.5, 0.6) is 0 Å². The van der Waals surface area contributed by atoms with Gasteiger partial charge in [-0.05, 0) is 43.2 Å². The number of aryl methyl sites for hydroxylation is 2. The van der Waals surface area contributed by atoms with Gasteiger partial charge in [-0.2, -0.15) is 11.8 Å². The Morgan fingerprint density at radius 3 is 2.33 bits per heavy atom. The molecule has 1 aliphatic rings. The van der Waals surface area contributed by atoms with Crippen LogP contribution in [0.2, 0.25) is 5.02 Å². The van der Waals surface area contributed by atoms with Gasteiger partial charge in [-0.15, -0.1) is 0 Å². The quantitative estimate of drug-likeness (QED) is 0.587. The van der Waals surface area contributed by atoms with Crippen molar-refractivity contribution in [3.8, 4) is 0 Å². The maximum atomic E-state index is 12.3. The maximum Gasteiger partial charge on any atom is 0.261 e. The first kappa shape index (κ1) is 19.5. The van der Waals surface area contributed by atoms with Gasteiger partial charge >= 0.3 is 0 Å². The van der Waals surface area contributed by atoms with E-state index < -0.39 is 0 Å². The maximum absolute atomic E-state index is 12.3. The molecule has 0 saturated carbocycles. The Morgan fingerprint density at radius 2 is 1.74 bits per heavy atom. The van der Waals surface area contributed by atoms with Gasteiger partial charge in [0.15, 0.2) is 0 Å². The first-order valence-electron chi connectivity index (χ1n) is 8.48. The lowest BCUT2D eigenvalue weighted by molar-refractivity contribution is -0.113. The van der Waals surface area contributed by atoms with Crippen molar-refractivity contribution in [2.45, 2.75) is 13.8 Å². The summed E-state index contributed by atoms with van der Waals surface area (Å²) in [4.78, 5) is 38.0. The van der Waals surface area contributed by atoms with Gasteiger partial charge in [-0.1, -0.05) is 29.8 Å². The molecule has 0 bridgehead atoms. The number of rotatable bonds is 6. The highest BCUT2D eigenvalue weighted by Gasteiger charge is 2.34. The molecule has 0 spiro atoms. The molecule has 1 N–H and O–H groups in total. The van der Waals surface area contributed by atoms with Gasteiger partial charge in [-0.25, -0.2) is 0 Å². The first-order chi connectivity index (χ1) is 12.9. The van der Waals surface area contributed by atoms with Crippen LogP contribution in [0.4, 0.5) is 5.69 Å². The molecule has 7 heteroatoms. The molecule has 0 saturated heterocycles. The second-order valence-corrected chi connectivity index (χ2v) is 7.86. The van der Waals surface area contributed by atoms with Crippen LogP contribution >= 0.6 is 23.4 Å². The highest BCUT2D eigenvalue weighted by Crippen LogP contribution is 2.27. The van der Waals surface area contributed by atoms with Crippen molar-refractivity contribution < 1.29 is 14.4 Å². The van der Waals surface area contributed by atoms with Gasteiger partial charge < -0.3 is 5.32 Å². The summed E-state index contributed by atoms with van der Waals surface area (Å²) in [6.45, 7) is 4.11. The van der Waals surface area contributed by atoms with Gasteiger partial charge in [0, 0.05) is 12.3 Å². The Labute approximate surface area is 167 Å². The van der Waals surface area contributed by atoms with Crippen LogP contribution in [0, 0.1) is 13.8 Å². The Hall–Kier alpha value is -2.31. The minimum atomic E-state index is -0.275. The highest BCUT2D eigenvalue weighted by atomic mass is 35.5.